The molecule has 3 heterocycles. The van der Waals surface area contributed by atoms with E-state index in [9.17, 15) is 9.90 Å². The standard InChI is InChI=1S/C20H26N4O3/c1-13-9-10-20(23(13)11-16-7-5-4-6-8-16)15(3)24(19(20)26)17(14(2)25)18-22-21-12-27-18/h4-8,12-15,17,25H,9-11H2,1-3H3. The molecular formula is C20H26N4O3. The molecule has 7 heteroatoms. The molecule has 0 bridgehead atoms. The third-order valence-corrected chi connectivity index (χ3v) is 6.28. The molecule has 2 aromatic rings. The summed E-state index contributed by atoms with van der Waals surface area (Å²) in [6.45, 7) is 6.64. The zero-order valence-corrected chi connectivity index (χ0v) is 15.9. The van der Waals surface area contributed by atoms with Crippen LogP contribution in [0, 0.1) is 0 Å². The second kappa shape index (κ2) is 6.73. The monoisotopic (exact) mass is 370 g/mol. The van der Waals surface area contributed by atoms with Gasteiger partial charge in [0, 0.05) is 12.6 Å². The van der Waals surface area contributed by atoms with Crippen LogP contribution >= 0.6 is 0 Å². The lowest BCUT2D eigenvalue weighted by molar-refractivity contribution is -0.186. The van der Waals surface area contributed by atoms with Crippen LogP contribution in [-0.2, 0) is 11.3 Å². The lowest BCUT2D eigenvalue weighted by atomic mass is 9.75. The Hall–Kier alpha value is -2.25. The predicted octanol–water partition coefficient (Wildman–Crippen LogP) is 2.15. The molecule has 27 heavy (non-hydrogen) atoms. The quantitative estimate of drug-likeness (QED) is 0.812. The maximum atomic E-state index is 13.5. The van der Waals surface area contributed by atoms with Crippen LogP contribution in [0.4, 0.5) is 0 Å². The minimum atomic E-state index is -0.796. The molecule has 1 aromatic carbocycles. The highest BCUT2D eigenvalue weighted by Gasteiger charge is 2.66. The van der Waals surface area contributed by atoms with Crippen LogP contribution in [0.2, 0.25) is 0 Å². The van der Waals surface area contributed by atoms with E-state index in [2.05, 4.69) is 41.1 Å². The molecule has 7 nitrogen and oxygen atoms in total. The van der Waals surface area contributed by atoms with Gasteiger partial charge in [-0.05, 0) is 39.2 Å². The minimum absolute atomic E-state index is 0.0411. The van der Waals surface area contributed by atoms with E-state index in [-0.39, 0.29) is 17.8 Å². The Morgan fingerprint density at radius 3 is 2.67 bits per heavy atom. The zero-order valence-electron chi connectivity index (χ0n) is 15.9. The summed E-state index contributed by atoms with van der Waals surface area (Å²) in [5.74, 6) is 0.320. The number of carbonyl (C=O) groups excluding carboxylic acids is 1. The number of hydrogen-bond acceptors (Lipinski definition) is 6. The van der Waals surface area contributed by atoms with E-state index in [1.807, 2.05) is 18.2 Å². The first kappa shape index (κ1) is 18.1. The molecule has 0 radical (unpaired) electrons. The normalized spacial score (nSPS) is 30.5. The number of likely N-dealkylation sites (tertiary alicyclic amines) is 2. The number of rotatable bonds is 5. The number of hydrogen-bond donors (Lipinski definition) is 1. The Balaban J connectivity index is 1.63. The van der Waals surface area contributed by atoms with Crippen molar-refractivity contribution in [2.75, 3.05) is 0 Å². The van der Waals surface area contributed by atoms with E-state index in [0.717, 1.165) is 19.4 Å². The van der Waals surface area contributed by atoms with Crippen LogP contribution < -0.4 is 0 Å². The SMILES string of the molecule is CC(O)C(c1nnco1)N1C(=O)C2(CCC(C)N2Cc2ccccc2)C1C. The van der Waals surface area contributed by atoms with Crippen molar-refractivity contribution in [1.82, 2.24) is 20.0 Å². The molecule has 0 aliphatic carbocycles. The molecule has 5 atom stereocenters. The maximum absolute atomic E-state index is 13.5. The van der Waals surface area contributed by atoms with Gasteiger partial charge in [0.2, 0.25) is 18.2 Å². The number of aliphatic hydroxyl groups is 1. The van der Waals surface area contributed by atoms with Gasteiger partial charge in [-0.15, -0.1) is 10.2 Å². The smallest absolute Gasteiger partial charge is 0.246 e. The Kier molecular flexibility index (Phi) is 4.52. The fraction of sp³-hybridized carbons (Fsp3) is 0.550. The lowest BCUT2D eigenvalue weighted by Gasteiger charge is -2.59. The van der Waals surface area contributed by atoms with Gasteiger partial charge in [-0.25, -0.2) is 0 Å². The van der Waals surface area contributed by atoms with E-state index in [0.29, 0.717) is 6.04 Å². The molecule has 2 saturated heterocycles. The molecule has 5 unspecified atom stereocenters. The van der Waals surface area contributed by atoms with Crippen LogP contribution in [0.5, 0.6) is 0 Å². The topological polar surface area (TPSA) is 82.7 Å². The van der Waals surface area contributed by atoms with Crippen molar-refractivity contribution in [2.24, 2.45) is 0 Å². The number of benzene rings is 1. The highest BCUT2D eigenvalue weighted by atomic mass is 16.4. The van der Waals surface area contributed by atoms with Crippen LogP contribution in [0.25, 0.3) is 0 Å². The fourth-order valence-corrected chi connectivity index (χ4v) is 4.85. The van der Waals surface area contributed by atoms with Gasteiger partial charge >= 0.3 is 0 Å². The first-order valence-electron chi connectivity index (χ1n) is 9.54. The first-order chi connectivity index (χ1) is 13.0. The Labute approximate surface area is 159 Å². The zero-order chi connectivity index (χ0) is 19.2. The van der Waals surface area contributed by atoms with Crippen molar-refractivity contribution < 1.29 is 14.3 Å². The van der Waals surface area contributed by atoms with Crippen molar-refractivity contribution in [3.05, 3.63) is 48.2 Å². The van der Waals surface area contributed by atoms with Crippen LogP contribution in [0.3, 0.4) is 0 Å². The molecule has 1 N–H and O–H groups in total. The number of amides is 1. The molecule has 144 valence electrons. The first-order valence-corrected chi connectivity index (χ1v) is 9.54. The highest BCUT2D eigenvalue weighted by Crippen LogP contribution is 2.50. The van der Waals surface area contributed by atoms with E-state index in [1.54, 1.807) is 11.8 Å². The maximum Gasteiger partial charge on any atom is 0.246 e. The average Bonchev–Trinajstić information content (AvgIpc) is 3.30. The molecule has 2 fully saturated rings. The number of nitrogens with zero attached hydrogens (tertiary/aromatic N) is 4. The van der Waals surface area contributed by atoms with E-state index >= 15 is 0 Å². The van der Waals surface area contributed by atoms with Gasteiger partial charge in [0.05, 0.1) is 12.1 Å². The minimum Gasteiger partial charge on any atom is -0.426 e. The molecule has 1 spiro atoms. The van der Waals surface area contributed by atoms with Gasteiger partial charge in [-0.1, -0.05) is 30.3 Å². The average molecular weight is 370 g/mol. The second-order valence-electron chi connectivity index (χ2n) is 7.78. The predicted molar refractivity (Wildman–Crippen MR) is 98.4 cm³/mol. The van der Waals surface area contributed by atoms with Gasteiger partial charge < -0.3 is 14.4 Å². The third kappa shape index (κ3) is 2.68. The van der Waals surface area contributed by atoms with Crippen LogP contribution in [-0.4, -0.2) is 54.7 Å². The summed E-state index contributed by atoms with van der Waals surface area (Å²) in [7, 11) is 0. The third-order valence-electron chi connectivity index (χ3n) is 6.28. The summed E-state index contributed by atoms with van der Waals surface area (Å²) in [6.07, 6.45) is 2.25. The van der Waals surface area contributed by atoms with E-state index in [4.69, 9.17) is 4.42 Å². The van der Waals surface area contributed by atoms with Crippen molar-refractivity contribution in [1.29, 1.82) is 0 Å². The summed E-state index contributed by atoms with van der Waals surface area (Å²) in [6, 6.07) is 9.92. The summed E-state index contributed by atoms with van der Waals surface area (Å²) in [5.41, 5.74) is 0.677. The highest BCUT2D eigenvalue weighted by molar-refractivity contribution is 5.95. The number of carbonyl (C=O) groups is 1. The molecule has 2 aliphatic heterocycles. The van der Waals surface area contributed by atoms with Crippen molar-refractivity contribution in [3.8, 4) is 0 Å². The fourth-order valence-electron chi connectivity index (χ4n) is 4.85. The largest absolute Gasteiger partial charge is 0.426 e. The van der Waals surface area contributed by atoms with Crippen LogP contribution in [0.15, 0.2) is 41.1 Å². The van der Waals surface area contributed by atoms with Gasteiger partial charge in [0.15, 0.2) is 0 Å². The number of aromatic nitrogens is 2. The number of aliphatic hydroxyl groups excluding tert-OH is 1. The Morgan fingerprint density at radius 2 is 2.07 bits per heavy atom. The van der Waals surface area contributed by atoms with Gasteiger partial charge in [-0.3, -0.25) is 9.69 Å². The van der Waals surface area contributed by atoms with Gasteiger partial charge in [0.1, 0.15) is 11.6 Å². The van der Waals surface area contributed by atoms with Crippen molar-refractivity contribution in [2.45, 2.75) is 69.9 Å². The summed E-state index contributed by atoms with van der Waals surface area (Å²) in [4.78, 5) is 17.5. The molecule has 1 aromatic heterocycles. The van der Waals surface area contributed by atoms with Crippen molar-refractivity contribution >= 4 is 5.91 Å². The summed E-state index contributed by atoms with van der Waals surface area (Å²) < 4.78 is 5.32. The molecule has 1 amide bonds. The Morgan fingerprint density at radius 1 is 1.33 bits per heavy atom. The molecule has 2 aliphatic rings. The molecule has 4 rings (SSSR count). The second-order valence-corrected chi connectivity index (χ2v) is 7.78. The number of β-lactam (4-membered cyclic amide) rings is 1. The van der Waals surface area contributed by atoms with Crippen molar-refractivity contribution in [3.63, 3.8) is 0 Å². The van der Waals surface area contributed by atoms with Crippen LogP contribution in [0.1, 0.15) is 51.1 Å². The molecule has 0 saturated carbocycles. The summed E-state index contributed by atoms with van der Waals surface area (Å²) in [5, 5.41) is 18.0. The van der Waals surface area contributed by atoms with Gasteiger partial charge in [-0.2, -0.15) is 0 Å². The molecular weight excluding hydrogens is 344 g/mol. The lowest BCUT2D eigenvalue weighted by Crippen LogP contribution is -2.78. The summed E-state index contributed by atoms with van der Waals surface area (Å²) >= 11 is 0. The Bertz CT molecular complexity index is 795. The van der Waals surface area contributed by atoms with Gasteiger partial charge in [0.25, 0.3) is 0 Å². The van der Waals surface area contributed by atoms with E-state index in [1.165, 1.54) is 12.0 Å². The van der Waals surface area contributed by atoms with E-state index < -0.39 is 17.7 Å².